The van der Waals surface area contributed by atoms with Gasteiger partial charge in [0, 0.05) is 25.9 Å². The van der Waals surface area contributed by atoms with Crippen LogP contribution in [0.2, 0.25) is 0 Å². The average Bonchev–Trinajstić information content (AvgIpc) is 2.72. The van der Waals surface area contributed by atoms with Crippen LogP contribution in [-0.4, -0.2) is 46.4 Å². The second-order valence-corrected chi connectivity index (χ2v) is 8.57. The fourth-order valence-corrected chi connectivity index (χ4v) is 3.67. The third-order valence-electron chi connectivity index (χ3n) is 4.12. The van der Waals surface area contributed by atoms with E-state index in [4.69, 9.17) is 14.7 Å². The van der Waals surface area contributed by atoms with Crippen LogP contribution in [0.5, 0.6) is 11.5 Å². The van der Waals surface area contributed by atoms with Crippen molar-refractivity contribution in [2.75, 3.05) is 33.1 Å². The van der Waals surface area contributed by atoms with Gasteiger partial charge in [0.15, 0.2) is 18.1 Å². The summed E-state index contributed by atoms with van der Waals surface area (Å²) in [7, 11) is 0.760. The average molecular weight is 429 g/mol. The van der Waals surface area contributed by atoms with Gasteiger partial charge in [-0.1, -0.05) is 12.1 Å². The maximum atomic E-state index is 12.4. The molecule has 2 rings (SSSR count). The summed E-state index contributed by atoms with van der Waals surface area (Å²) in [6.45, 7) is 1.59. The molecule has 0 atom stereocenters. The van der Waals surface area contributed by atoms with Crippen LogP contribution in [0.1, 0.15) is 11.1 Å². The number of sulfonamides is 1. The third-order valence-corrected chi connectivity index (χ3v) is 6.08. The zero-order chi connectivity index (χ0) is 22.3. The molecule has 2 aromatic rings. The topological polar surface area (TPSA) is 109 Å². The molecule has 0 heterocycles. The molecule has 158 valence electrons. The molecular weight excluding hydrogens is 406 g/mol. The van der Waals surface area contributed by atoms with E-state index in [1.807, 2.05) is 6.07 Å². The maximum absolute atomic E-state index is 12.4. The van der Waals surface area contributed by atoms with Gasteiger partial charge in [-0.2, -0.15) is 5.26 Å². The second kappa shape index (κ2) is 9.91. The Morgan fingerprint density at radius 1 is 1.20 bits per heavy atom. The Bertz CT molecular complexity index is 1100. The van der Waals surface area contributed by atoms with Crippen molar-refractivity contribution in [3.63, 3.8) is 0 Å². The lowest BCUT2D eigenvalue weighted by atomic mass is 10.2. The quantitative estimate of drug-likeness (QED) is 0.647. The summed E-state index contributed by atoms with van der Waals surface area (Å²) < 4.78 is 36.4. The molecule has 0 aromatic heterocycles. The molecule has 30 heavy (non-hydrogen) atoms. The predicted molar refractivity (Wildman–Crippen MR) is 114 cm³/mol. The number of hydrogen-bond donors (Lipinski definition) is 1. The number of rotatable bonds is 8. The molecule has 0 saturated heterocycles. The Kier molecular flexibility index (Phi) is 7.58. The van der Waals surface area contributed by atoms with Gasteiger partial charge in [-0.3, -0.25) is 4.79 Å². The zero-order valence-corrected chi connectivity index (χ0v) is 18.0. The van der Waals surface area contributed by atoms with Crippen molar-refractivity contribution >= 4 is 27.7 Å². The predicted octanol–water partition coefficient (Wildman–Crippen LogP) is 2.81. The third kappa shape index (κ3) is 5.59. The number of nitriles is 1. The Hall–Kier alpha value is -3.35. The number of nitrogens with zero attached hydrogens (tertiary/aromatic N) is 2. The highest BCUT2D eigenvalue weighted by molar-refractivity contribution is 7.89. The SMILES string of the molecule is COc1cc(C=CC(=O)Nc2ccc(C)c(S(=O)(=O)N(C)C)c2)ccc1OCC#N. The van der Waals surface area contributed by atoms with E-state index >= 15 is 0 Å². The van der Waals surface area contributed by atoms with Crippen molar-refractivity contribution in [2.45, 2.75) is 11.8 Å². The van der Waals surface area contributed by atoms with Gasteiger partial charge < -0.3 is 14.8 Å². The smallest absolute Gasteiger partial charge is 0.248 e. The Labute approximate surface area is 176 Å². The number of carbonyl (C=O) groups excluding carboxylic acids is 1. The lowest BCUT2D eigenvalue weighted by molar-refractivity contribution is -0.111. The minimum absolute atomic E-state index is 0.101. The van der Waals surface area contributed by atoms with Gasteiger partial charge in [0.05, 0.1) is 12.0 Å². The molecule has 0 aliphatic rings. The highest BCUT2D eigenvalue weighted by atomic mass is 32.2. The van der Waals surface area contributed by atoms with Crippen molar-refractivity contribution in [3.8, 4) is 17.6 Å². The number of ether oxygens (including phenoxy) is 2. The fraction of sp³-hybridized carbons (Fsp3) is 0.238. The normalized spacial score (nSPS) is 11.3. The van der Waals surface area contributed by atoms with Gasteiger partial charge in [-0.25, -0.2) is 12.7 Å². The number of nitrogens with one attached hydrogen (secondary N) is 1. The molecule has 0 fully saturated rings. The summed E-state index contributed by atoms with van der Waals surface area (Å²) in [4.78, 5) is 12.4. The summed E-state index contributed by atoms with van der Waals surface area (Å²) >= 11 is 0. The van der Waals surface area contributed by atoms with E-state index < -0.39 is 15.9 Å². The molecule has 0 spiro atoms. The molecule has 9 heteroatoms. The molecular formula is C21H23N3O5S. The van der Waals surface area contributed by atoms with Crippen LogP contribution < -0.4 is 14.8 Å². The minimum atomic E-state index is -3.62. The van der Waals surface area contributed by atoms with E-state index in [0.717, 1.165) is 4.31 Å². The van der Waals surface area contributed by atoms with Crippen LogP contribution in [0.4, 0.5) is 5.69 Å². The highest BCUT2D eigenvalue weighted by Gasteiger charge is 2.20. The van der Waals surface area contributed by atoms with Crippen LogP contribution in [0.3, 0.4) is 0 Å². The molecule has 1 amide bonds. The Balaban J connectivity index is 2.16. The van der Waals surface area contributed by atoms with Crippen LogP contribution >= 0.6 is 0 Å². The number of aryl methyl sites for hydroxylation is 1. The molecule has 0 radical (unpaired) electrons. The lowest BCUT2D eigenvalue weighted by Gasteiger charge is -2.14. The number of carbonyl (C=O) groups is 1. The van der Waals surface area contributed by atoms with Crippen molar-refractivity contribution in [1.29, 1.82) is 5.26 Å². The second-order valence-electron chi connectivity index (χ2n) is 6.45. The number of amides is 1. The van der Waals surface area contributed by atoms with Gasteiger partial charge in [0.25, 0.3) is 0 Å². The highest BCUT2D eigenvalue weighted by Crippen LogP contribution is 2.28. The van der Waals surface area contributed by atoms with E-state index in [-0.39, 0.29) is 11.5 Å². The van der Waals surface area contributed by atoms with Gasteiger partial charge in [0.2, 0.25) is 15.9 Å². The van der Waals surface area contributed by atoms with E-state index in [2.05, 4.69) is 5.32 Å². The standard InChI is InChI=1S/C21H23N3O5S/c1-15-5-8-17(14-20(15)30(26,27)24(2)3)23-21(25)10-7-16-6-9-18(29-12-11-22)19(13-16)28-4/h5-10,13-14H,12H2,1-4H3,(H,23,25). The first kappa shape index (κ1) is 22.9. The van der Waals surface area contributed by atoms with Crippen molar-refractivity contribution in [1.82, 2.24) is 4.31 Å². The summed E-state index contributed by atoms with van der Waals surface area (Å²) in [6.07, 6.45) is 2.90. The fourth-order valence-electron chi connectivity index (χ4n) is 2.53. The number of hydrogen-bond acceptors (Lipinski definition) is 6. The molecule has 0 aliphatic carbocycles. The summed E-state index contributed by atoms with van der Waals surface area (Å²) in [5, 5.41) is 11.3. The van der Waals surface area contributed by atoms with E-state index in [9.17, 15) is 13.2 Å². The van der Waals surface area contributed by atoms with Crippen molar-refractivity contribution in [2.24, 2.45) is 0 Å². The first-order chi connectivity index (χ1) is 14.2. The lowest BCUT2D eigenvalue weighted by Crippen LogP contribution is -2.23. The minimum Gasteiger partial charge on any atom is -0.493 e. The van der Waals surface area contributed by atoms with E-state index in [1.165, 1.54) is 33.3 Å². The van der Waals surface area contributed by atoms with Crippen LogP contribution in [-0.2, 0) is 14.8 Å². The van der Waals surface area contributed by atoms with Crippen LogP contribution in [0.15, 0.2) is 47.4 Å². The first-order valence-electron chi connectivity index (χ1n) is 8.89. The largest absolute Gasteiger partial charge is 0.493 e. The number of methoxy groups -OCH3 is 1. The molecule has 0 unspecified atom stereocenters. The summed E-state index contributed by atoms with van der Waals surface area (Å²) in [5.74, 6) is 0.440. The van der Waals surface area contributed by atoms with Crippen molar-refractivity contribution in [3.05, 3.63) is 53.6 Å². The van der Waals surface area contributed by atoms with E-state index in [0.29, 0.717) is 28.3 Å². The molecule has 0 bridgehead atoms. The van der Waals surface area contributed by atoms with Gasteiger partial charge in [-0.05, 0) is 48.4 Å². The first-order valence-corrected chi connectivity index (χ1v) is 10.3. The molecule has 0 saturated carbocycles. The van der Waals surface area contributed by atoms with Crippen molar-refractivity contribution < 1.29 is 22.7 Å². The number of benzene rings is 2. The van der Waals surface area contributed by atoms with Crippen LogP contribution in [0.25, 0.3) is 6.08 Å². The molecule has 0 aliphatic heterocycles. The molecule has 1 N–H and O–H groups in total. The zero-order valence-electron chi connectivity index (χ0n) is 17.2. The number of anilines is 1. The van der Waals surface area contributed by atoms with Gasteiger partial charge in [0.1, 0.15) is 6.07 Å². The molecule has 2 aromatic carbocycles. The molecule has 8 nitrogen and oxygen atoms in total. The van der Waals surface area contributed by atoms with Gasteiger partial charge in [-0.15, -0.1) is 0 Å². The maximum Gasteiger partial charge on any atom is 0.248 e. The monoisotopic (exact) mass is 429 g/mol. The summed E-state index contributed by atoms with van der Waals surface area (Å²) in [5.41, 5.74) is 1.64. The van der Waals surface area contributed by atoms with Gasteiger partial charge >= 0.3 is 0 Å². The van der Waals surface area contributed by atoms with Crippen LogP contribution in [0, 0.1) is 18.3 Å². The summed E-state index contributed by atoms with van der Waals surface area (Å²) in [6, 6.07) is 11.6. The Morgan fingerprint density at radius 2 is 1.93 bits per heavy atom. The van der Waals surface area contributed by atoms with E-state index in [1.54, 1.807) is 43.3 Å². The Morgan fingerprint density at radius 3 is 2.57 bits per heavy atom.